The predicted molar refractivity (Wildman–Crippen MR) is 79.3 cm³/mol. The Balaban J connectivity index is 2.31. The fraction of sp³-hybridized carbons (Fsp3) is 0.286. The van der Waals surface area contributed by atoms with E-state index in [1.807, 2.05) is 51.2 Å². The minimum absolute atomic E-state index is 0.0934. The van der Waals surface area contributed by atoms with Gasteiger partial charge in [-0.05, 0) is 19.4 Å². The minimum atomic E-state index is -0.0934. The van der Waals surface area contributed by atoms with Gasteiger partial charge >= 0.3 is 0 Å². The van der Waals surface area contributed by atoms with E-state index in [2.05, 4.69) is 5.10 Å². The summed E-state index contributed by atoms with van der Waals surface area (Å²) in [6, 6.07) is 9.99. The van der Waals surface area contributed by atoms with E-state index in [-0.39, 0.29) is 6.10 Å². The van der Waals surface area contributed by atoms with Crippen LogP contribution in [0.2, 0.25) is 0 Å². The van der Waals surface area contributed by atoms with E-state index in [0.29, 0.717) is 16.4 Å². The number of aromatic nitrogens is 2. The van der Waals surface area contributed by atoms with Gasteiger partial charge in [-0.2, -0.15) is 5.10 Å². The Hall–Kier alpha value is -1.88. The summed E-state index contributed by atoms with van der Waals surface area (Å²) in [5.74, 6) is 0.612. The van der Waals surface area contributed by atoms with Crippen molar-refractivity contribution in [3.8, 4) is 5.88 Å². The van der Waals surface area contributed by atoms with E-state index in [9.17, 15) is 0 Å². The summed E-state index contributed by atoms with van der Waals surface area (Å²) in [7, 11) is 1.82. The molecular weight excluding hydrogens is 258 g/mol. The molecule has 0 aliphatic carbocycles. The highest BCUT2D eigenvalue weighted by atomic mass is 32.1. The summed E-state index contributed by atoms with van der Waals surface area (Å²) < 4.78 is 7.65. The molecule has 2 N–H and O–H groups in total. The SMILES string of the molecule is Cc1nn(C)c(OC(C)c2ccccc2)c1C(N)=S. The Labute approximate surface area is 118 Å². The quantitative estimate of drug-likeness (QED) is 0.871. The van der Waals surface area contributed by atoms with Crippen LogP contribution < -0.4 is 10.5 Å². The summed E-state index contributed by atoms with van der Waals surface area (Å²) in [6.45, 7) is 3.86. The van der Waals surface area contributed by atoms with Gasteiger partial charge in [0.1, 0.15) is 11.1 Å². The highest BCUT2D eigenvalue weighted by molar-refractivity contribution is 7.80. The molecular formula is C14H17N3OS. The third kappa shape index (κ3) is 2.76. The molecule has 2 rings (SSSR count). The Morgan fingerprint density at radius 1 is 1.37 bits per heavy atom. The van der Waals surface area contributed by atoms with Gasteiger partial charge in [-0.15, -0.1) is 0 Å². The summed E-state index contributed by atoms with van der Waals surface area (Å²) in [5, 5.41) is 4.30. The minimum Gasteiger partial charge on any atom is -0.469 e. The molecule has 19 heavy (non-hydrogen) atoms. The highest BCUT2D eigenvalue weighted by Crippen LogP contribution is 2.26. The van der Waals surface area contributed by atoms with E-state index in [1.54, 1.807) is 4.68 Å². The molecule has 0 spiro atoms. The number of nitrogens with two attached hydrogens (primary N) is 1. The molecule has 1 aromatic carbocycles. The van der Waals surface area contributed by atoms with Gasteiger partial charge in [0.25, 0.3) is 0 Å². The number of nitrogens with zero attached hydrogens (tertiary/aromatic N) is 2. The molecule has 1 heterocycles. The zero-order valence-electron chi connectivity index (χ0n) is 11.3. The molecule has 1 aromatic heterocycles. The lowest BCUT2D eigenvalue weighted by atomic mass is 10.1. The van der Waals surface area contributed by atoms with E-state index in [4.69, 9.17) is 22.7 Å². The van der Waals surface area contributed by atoms with E-state index in [1.165, 1.54) is 0 Å². The normalized spacial score (nSPS) is 12.2. The van der Waals surface area contributed by atoms with Crippen molar-refractivity contribution >= 4 is 17.2 Å². The standard InChI is InChI=1S/C14H17N3OS/c1-9-12(13(15)19)14(17(3)16-9)18-10(2)11-7-5-4-6-8-11/h4-8,10H,1-3H3,(H2,15,19). The first-order chi connectivity index (χ1) is 9.00. The van der Waals surface area contributed by atoms with Gasteiger partial charge in [-0.1, -0.05) is 42.5 Å². The Kier molecular flexibility index (Phi) is 3.85. The van der Waals surface area contributed by atoms with Gasteiger partial charge in [0.2, 0.25) is 5.88 Å². The highest BCUT2D eigenvalue weighted by Gasteiger charge is 2.19. The van der Waals surface area contributed by atoms with E-state index in [0.717, 1.165) is 11.3 Å². The van der Waals surface area contributed by atoms with Crippen LogP contribution in [0, 0.1) is 6.92 Å². The fourth-order valence-electron chi connectivity index (χ4n) is 2.02. The molecule has 0 aliphatic rings. The molecule has 0 amide bonds. The van der Waals surface area contributed by atoms with Crippen molar-refractivity contribution in [2.45, 2.75) is 20.0 Å². The number of hydrogen-bond acceptors (Lipinski definition) is 3. The van der Waals surface area contributed by atoms with Gasteiger partial charge in [-0.25, -0.2) is 4.68 Å². The smallest absolute Gasteiger partial charge is 0.222 e. The Morgan fingerprint density at radius 3 is 2.58 bits per heavy atom. The third-order valence-electron chi connectivity index (χ3n) is 2.97. The third-order valence-corrected chi connectivity index (χ3v) is 3.18. The van der Waals surface area contributed by atoms with Crippen molar-refractivity contribution in [1.29, 1.82) is 0 Å². The fourth-order valence-corrected chi connectivity index (χ4v) is 2.25. The second kappa shape index (κ2) is 5.40. The van der Waals surface area contributed by atoms with Crippen LogP contribution in [0.25, 0.3) is 0 Å². The van der Waals surface area contributed by atoms with E-state index < -0.39 is 0 Å². The van der Waals surface area contributed by atoms with Gasteiger partial charge in [-0.3, -0.25) is 0 Å². The molecule has 0 saturated carbocycles. The van der Waals surface area contributed by atoms with Crippen molar-refractivity contribution in [3.05, 3.63) is 47.2 Å². The van der Waals surface area contributed by atoms with Gasteiger partial charge in [0, 0.05) is 7.05 Å². The van der Waals surface area contributed by atoms with Crippen LogP contribution in [0.4, 0.5) is 0 Å². The van der Waals surface area contributed by atoms with Crippen LogP contribution in [0.5, 0.6) is 5.88 Å². The maximum Gasteiger partial charge on any atom is 0.222 e. The predicted octanol–water partition coefficient (Wildman–Crippen LogP) is 2.50. The van der Waals surface area contributed by atoms with Crippen LogP contribution in [0.3, 0.4) is 0 Å². The summed E-state index contributed by atoms with van der Waals surface area (Å²) in [6.07, 6.45) is -0.0934. The lowest BCUT2D eigenvalue weighted by molar-refractivity contribution is 0.206. The van der Waals surface area contributed by atoms with Crippen LogP contribution >= 0.6 is 12.2 Å². The van der Waals surface area contributed by atoms with Crippen LogP contribution in [0.1, 0.15) is 29.8 Å². The van der Waals surface area contributed by atoms with E-state index >= 15 is 0 Å². The molecule has 1 atom stereocenters. The maximum absolute atomic E-state index is 5.98. The van der Waals surface area contributed by atoms with Crippen LogP contribution in [0.15, 0.2) is 30.3 Å². The van der Waals surface area contributed by atoms with Crippen molar-refractivity contribution in [3.63, 3.8) is 0 Å². The van der Waals surface area contributed by atoms with Gasteiger partial charge < -0.3 is 10.5 Å². The maximum atomic E-state index is 5.98. The van der Waals surface area contributed by atoms with Crippen molar-refractivity contribution < 1.29 is 4.74 Å². The van der Waals surface area contributed by atoms with Crippen molar-refractivity contribution in [2.75, 3.05) is 0 Å². The Morgan fingerprint density at radius 2 is 2.00 bits per heavy atom. The zero-order chi connectivity index (χ0) is 14.0. The largest absolute Gasteiger partial charge is 0.469 e. The monoisotopic (exact) mass is 275 g/mol. The lowest BCUT2D eigenvalue weighted by Gasteiger charge is -2.16. The molecule has 100 valence electrons. The second-order valence-corrected chi connectivity index (χ2v) is 4.86. The number of ether oxygens (including phenoxy) is 1. The number of aryl methyl sites for hydroxylation is 2. The molecule has 0 bridgehead atoms. The molecule has 5 heteroatoms. The first kappa shape index (κ1) is 13.5. The number of rotatable bonds is 4. The second-order valence-electron chi connectivity index (χ2n) is 4.42. The summed E-state index contributed by atoms with van der Waals surface area (Å²) >= 11 is 5.06. The van der Waals surface area contributed by atoms with Crippen molar-refractivity contribution in [2.24, 2.45) is 12.8 Å². The average molecular weight is 275 g/mol. The van der Waals surface area contributed by atoms with Crippen molar-refractivity contribution in [1.82, 2.24) is 9.78 Å². The lowest BCUT2D eigenvalue weighted by Crippen LogP contribution is -2.14. The average Bonchev–Trinajstić information content (AvgIpc) is 2.65. The molecule has 2 aromatic rings. The molecule has 0 saturated heterocycles. The summed E-state index contributed by atoms with van der Waals surface area (Å²) in [5.41, 5.74) is 8.33. The number of benzene rings is 1. The first-order valence-corrected chi connectivity index (χ1v) is 6.46. The Bertz CT molecular complexity index is 592. The number of hydrogen-bond donors (Lipinski definition) is 1. The topological polar surface area (TPSA) is 53.1 Å². The van der Waals surface area contributed by atoms with Crippen LogP contribution in [-0.2, 0) is 7.05 Å². The molecule has 0 radical (unpaired) electrons. The zero-order valence-corrected chi connectivity index (χ0v) is 12.1. The molecule has 4 nitrogen and oxygen atoms in total. The van der Waals surface area contributed by atoms with Gasteiger partial charge in [0.15, 0.2) is 0 Å². The molecule has 0 aliphatic heterocycles. The summed E-state index contributed by atoms with van der Waals surface area (Å²) in [4.78, 5) is 0.306. The molecule has 0 fully saturated rings. The van der Waals surface area contributed by atoms with Crippen LogP contribution in [-0.4, -0.2) is 14.8 Å². The molecule has 1 unspecified atom stereocenters. The first-order valence-electron chi connectivity index (χ1n) is 6.05. The van der Waals surface area contributed by atoms with Gasteiger partial charge in [0.05, 0.1) is 11.3 Å². The number of thiocarbonyl (C=S) groups is 1.